The van der Waals surface area contributed by atoms with Gasteiger partial charge in [-0.1, -0.05) is 103 Å². The van der Waals surface area contributed by atoms with Crippen molar-refractivity contribution in [3.05, 3.63) is 114 Å². The Balaban J connectivity index is 1.94. The molecule has 0 radical (unpaired) electrons. The maximum absolute atomic E-state index is 10.9. The predicted octanol–water partition coefficient (Wildman–Crippen LogP) is 2.52. The molecule has 3 rings (SSSR count). The molecule has 0 amide bonds. The van der Waals surface area contributed by atoms with Gasteiger partial charge in [-0.15, -0.1) is 0 Å². The Morgan fingerprint density at radius 3 is 1.65 bits per heavy atom. The Bertz CT molecular complexity index is 878. The van der Waals surface area contributed by atoms with E-state index in [0.29, 0.717) is 0 Å². The highest BCUT2D eigenvalue weighted by atomic mass is 16.4. The lowest BCUT2D eigenvalue weighted by molar-refractivity contribution is -0.0827. The Kier molecular flexibility index (Phi) is 8.53. The molecule has 0 heterocycles. The van der Waals surface area contributed by atoms with Crippen LogP contribution in [0.25, 0.3) is 6.08 Å². The Morgan fingerprint density at radius 1 is 0.677 bits per heavy atom. The fourth-order valence-electron chi connectivity index (χ4n) is 3.46. The zero-order valence-corrected chi connectivity index (χ0v) is 17.2. The molecule has 0 aliphatic rings. The summed E-state index contributed by atoms with van der Waals surface area (Å²) in [5, 5.41) is 43.8. The quantitative estimate of drug-likeness (QED) is 0.348. The number of nitrogens with one attached hydrogen (secondary N) is 1. The molecule has 0 spiro atoms. The molecule has 3 aromatic carbocycles. The first-order valence-corrected chi connectivity index (χ1v) is 10.3. The van der Waals surface area contributed by atoms with E-state index in [1.165, 1.54) is 0 Å². The van der Waals surface area contributed by atoms with Gasteiger partial charge in [-0.2, -0.15) is 0 Å². The summed E-state index contributed by atoms with van der Waals surface area (Å²) < 4.78 is 0. The van der Waals surface area contributed by atoms with Crippen LogP contribution in [0.15, 0.2) is 97.1 Å². The molecular weight excluding hydrogens is 390 g/mol. The highest BCUT2D eigenvalue weighted by Crippen LogP contribution is 2.24. The molecule has 4 atom stereocenters. The van der Waals surface area contributed by atoms with Gasteiger partial charge in [0.25, 0.3) is 0 Å². The lowest BCUT2D eigenvalue weighted by atomic mass is 9.94. The second-order valence-electron chi connectivity index (χ2n) is 7.45. The van der Waals surface area contributed by atoms with E-state index in [-0.39, 0.29) is 6.04 Å². The molecule has 162 valence electrons. The molecule has 0 aromatic heterocycles. The minimum atomic E-state index is -1.52. The van der Waals surface area contributed by atoms with Crippen molar-refractivity contribution in [3.63, 3.8) is 0 Å². The summed E-state index contributed by atoms with van der Waals surface area (Å²) in [5.74, 6) is 0. The van der Waals surface area contributed by atoms with Crippen LogP contribution in [-0.4, -0.2) is 51.4 Å². The molecule has 5 N–H and O–H groups in total. The average Bonchev–Trinajstić information content (AvgIpc) is 2.84. The molecule has 31 heavy (non-hydrogen) atoms. The fourth-order valence-corrected chi connectivity index (χ4v) is 3.46. The first-order valence-electron chi connectivity index (χ1n) is 10.3. The van der Waals surface area contributed by atoms with E-state index in [9.17, 15) is 20.4 Å². The van der Waals surface area contributed by atoms with Gasteiger partial charge in [0.15, 0.2) is 0 Å². The summed E-state index contributed by atoms with van der Waals surface area (Å²) in [6.07, 6.45) is -0.693. The van der Waals surface area contributed by atoms with Crippen LogP contribution < -0.4 is 5.32 Å². The predicted molar refractivity (Wildman–Crippen MR) is 122 cm³/mol. The minimum Gasteiger partial charge on any atom is -0.394 e. The lowest BCUT2D eigenvalue weighted by Gasteiger charge is -2.31. The molecule has 0 unspecified atom stereocenters. The van der Waals surface area contributed by atoms with Crippen LogP contribution in [-0.2, 0) is 0 Å². The number of benzene rings is 3. The molecule has 5 heteroatoms. The van der Waals surface area contributed by atoms with Crippen LogP contribution >= 0.6 is 0 Å². The van der Waals surface area contributed by atoms with Gasteiger partial charge in [0, 0.05) is 0 Å². The van der Waals surface area contributed by atoms with E-state index >= 15 is 0 Å². The normalized spacial score (nSPS) is 15.6. The van der Waals surface area contributed by atoms with Crippen molar-refractivity contribution >= 4 is 6.08 Å². The van der Waals surface area contributed by atoms with E-state index in [4.69, 9.17) is 0 Å². The third-order valence-electron chi connectivity index (χ3n) is 5.22. The number of aliphatic hydroxyl groups excluding tert-OH is 4. The van der Waals surface area contributed by atoms with Crippen LogP contribution in [0.5, 0.6) is 0 Å². The van der Waals surface area contributed by atoms with Gasteiger partial charge in [-0.05, 0) is 16.7 Å². The zero-order valence-electron chi connectivity index (χ0n) is 17.2. The van der Waals surface area contributed by atoms with Gasteiger partial charge in [-0.25, -0.2) is 0 Å². The first kappa shape index (κ1) is 22.9. The lowest BCUT2D eigenvalue weighted by Crippen LogP contribution is -2.51. The smallest absolute Gasteiger partial charge is 0.110 e. The third kappa shape index (κ3) is 6.34. The third-order valence-corrected chi connectivity index (χ3v) is 5.22. The molecule has 0 bridgehead atoms. The van der Waals surface area contributed by atoms with Crippen molar-refractivity contribution in [2.24, 2.45) is 0 Å². The van der Waals surface area contributed by atoms with Gasteiger partial charge in [-0.3, -0.25) is 5.32 Å². The Labute approximate surface area is 183 Å². The summed E-state index contributed by atoms with van der Waals surface area (Å²) in [6.45, 7) is -0.645. The van der Waals surface area contributed by atoms with Crippen molar-refractivity contribution in [1.82, 2.24) is 5.32 Å². The van der Waals surface area contributed by atoms with Crippen LogP contribution in [0.2, 0.25) is 0 Å². The van der Waals surface area contributed by atoms with Crippen molar-refractivity contribution < 1.29 is 20.4 Å². The summed E-state index contributed by atoms with van der Waals surface area (Å²) in [6, 6.07) is 28.3. The van der Waals surface area contributed by atoms with Crippen molar-refractivity contribution in [1.29, 1.82) is 0 Å². The standard InChI is InChI=1S/C26H29NO4/c28-18-23(29)26(31)25(30)22(17-16-19-10-4-1-5-11-19)27-24(20-12-6-2-7-13-20)21-14-8-3-9-15-21/h1-17,22-31H,18H2/t22-,23-,25-,26-/m1/s1. The molecule has 0 saturated carbocycles. The summed E-state index contributed by atoms with van der Waals surface area (Å²) in [4.78, 5) is 0. The monoisotopic (exact) mass is 419 g/mol. The maximum Gasteiger partial charge on any atom is 0.110 e. The van der Waals surface area contributed by atoms with E-state index in [1.54, 1.807) is 6.08 Å². The van der Waals surface area contributed by atoms with Crippen LogP contribution in [0.3, 0.4) is 0 Å². The van der Waals surface area contributed by atoms with Gasteiger partial charge in [0.1, 0.15) is 18.3 Å². The fraction of sp³-hybridized carbons (Fsp3) is 0.231. The van der Waals surface area contributed by atoms with Crippen LogP contribution in [0.4, 0.5) is 0 Å². The molecule has 5 nitrogen and oxygen atoms in total. The van der Waals surface area contributed by atoms with E-state index in [0.717, 1.165) is 16.7 Å². The average molecular weight is 420 g/mol. The number of rotatable bonds is 10. The van der Waals surface area contributed by atoms with Crippen molar-refractivity contribution in [2.75, 3.05) is 6.61 Å². The molecular formula is C26H29NO4. The second-order valence-corrected chi connectivity index (χ2v) is 7.45. The van der Waals surface area contributed by atoms with Crippen molar-refractivity contribution in [3.8, 4) is 0 Å². The van der Waals surface area contributed by atoms with E-state index in [1.807, 2.05) is 97.1 Å². The molecule has 0 saturated heterocycles. The number of hydrogen-bond donors (Lipinski definition) is 5. The van der Waals surface area contributed by atoms with Gasteiger partial charge >= 0.3 is 0 Å². The zero-order chi connectivity index (χ0) is 22.1. The highest BCUT2D eigenvalue weighted by Gasteiger charge is 2.31. The topological polar surface area (TPSA) is 93.0 Å². The Hall–Kier alpha value is -2.80. The summed E-state index contributed by atoms with van der Waals surface area (Å²) in [5.41, 5.74) is 2.93. The minimum absolute atomic E-state index is 0.263. The van der Waals surface area contributed by atoms with E-state index < -0.39 is 31.0 Å². The van der Waals surface area contributed by atoms with Crippen LogP contribution in [0.1, 0.15) is 22.7 Å². The second kappa shape index (κ2) is 11.6. The van der Waals surface area contributed by atoms with Gasteiger partial charge < -0.3 is 20.4 Å². The number of hydrogen-bond acceptors (Lipinski definition) is 5. The molecule has 0 aliphatic carbocycles. The first-order chi connectivity index (χ1) is 15.1. The molecule has 0 fully saturated rings. The molecule has 3 aromatic rings. The summed E-state index contributed by atoms with van der Waals surface area (Å²) >= 11 is 0. The largest absolute Gasteiger partial charge is 0.394 e. The van der Waals surface area contributed by atoms with Crippen LogP contribution in [0, 0.1) is 0 Å². The molecule has 0 aliphatic heterocycles. The van der Waals surface area contributed by atoms with Gasteiger partial charge in [0.05, 0.1) is 18.7 Å². The Morgan fingerprint density at radius 2 is 1.16 bits per heavy atom. The SMILES string of the molecule is OC[C@@H](O)[C@@H](O)[C@H](O)[C@@H](C=Cc1ccccc1)NC(c1ccccc1)c1ccccc1. The van der Waals surface area contributed by atoms with Gasteiger partial charge in [0.2, 0.25) is 0 Å². The maximum atomic E-state index is 10.9. The van der Waals surface area contributed by atoms with E-state index in [2.05, 4.69) is 5.32 Å². The summed E-state index contributed by atoms with van der Waals surface area (Å²) in [7, 11) is 0. The number of aliphatic hydroxyl groups is 4. The highest BCUT2D eigenvalue weighted by molar-refractivity contribution is 5.50. The van der Waals surface area contributed by atoms with Crippen molar-refractivity contribution in [2.45, 2.75) is 30.4 Å².